The second-order valence-electron chi connectivity index (χ2n) is 3.03. The van der Waals surface area contributed by atoms with E-state index in [4.69, 9.17) is 5.73 Å². The van der Waals surface area contributed by atoms with Gasteiger partial charge in [0.05, 0.1) is 10.7 Å². The smallest absolute Gasteiger partial charge is 0.0980 e. The maximum absolute atomic E-state index is 5.47. The lowest BCUT2D eigenvalue weighted by Gasteiger charge is -1.91. The van der Waals surface area contributed by atoms with E-state index in [1.165, 1.54) is 9.88 Å². The first-order valence-electron chi connectivity index (χ1n) is 4.54. The number of thiophene rings is 1. The number of thiazole rings is 1. The van der Waals surface area contributed by atoms with Crippen LogP contribution in [0.4, 0.5) is 0 Å². The van der Waals surface area contributed by atoms with E-state index >= 15 is 0 Å². The molecule has 0 fully saturated rings. The summed E-state index contributed by atoms with van der Waals surface area (Å²) in [5.74, 6) is 0. The highest BCUT2D eigenvalue weighted by Crippen LogP contribution is 2.18. The molecule has 74 valence electrons. The van der Waals surface area contributed by atoms with Gasteiger partial charge in [0, 0.05) is 23.1 Å². The summed E-state index contributed by atoms with van der Waals surface area (Å²) in [7, 11) is 0. The molecule has 0 saturated carbocycles. The summed E-state index contributed by atoms with van der Waals surface area (Å²) in [6.07, 6.45) is 1.86. The van der Waals surface area contributed by atoms with Crippen molar-refractivity contribution in [2.75, 3.05) is 6.54 Å². The quantitative estimate of drug-likeness (QED) is 0.865. The fraction of sp³-hybridized carbons (Fsp3) is 0.300. The average molecular weight is 224 g/mol. The second-order valence-corrected chi connectivity index (χ2v) is 5.00. The molecule has 0 atom stereocenters. The summed E-state index contributed by atoms with van der Waals surface area (Å²) in [6.45, 7) is 0.683. The summed E-state index contributed by atoms with van der Waals surface area (Å²) in [5.41, 5.74) is 6.60. The minimum Gasteiger partial charge on any atom is -0.330 e. The Labute approximate surface area is 91.4 Å². The molecule has 0 amide bonds. The van der Waals surface area contributed by atoms with Crippen molar-refractivity contribution in [2.45, 2.75) is 12.8 Å². The van der Waals surface area contributed by atoms with Crippen LogP contribution in [0.3, 0.4) is 0 Å². The van der Waals surface area contributed by atoms with Crippen LogP contribution in [-0.4, -0.2) is 11.5 Å². The molecule has 14 heavy (non-hydrogen) atoms. The van der Waals surface area contributed by atoms with Crippen LogP contribution < -0.4 is 5.73 Å². The largest absolute Gasteiger partial charge is 0.330 e. The molecule has 2 aromatic rings. The molecule has 2 heterocycles. The Morgan fingerprint density at radius 2 is 2.29 bits per heavy atom. The molecule has 0 unspecified atom stereocenters. The number of aromatic nitrogens is 1. The van der Waals surface area contributed by atoms with Crippen molar-refractivity contribution in [3.05, 3.63) is 38.5 Å². The van der Waals surface area contributed by atoms with E-state index < -0.39 is 0 Å². The zero-order chi connectivity index (χ0) is 9.80. The number of hydrogen-bond donors (Lipinski definition) is 1. The topological polar surface area (TPSA) is 38.9 Å². The van der Waals surface area contributed by atoms with Gasteiger partial charge in [0.25, 0.3) is 0 Å². The maximum Gasteiger partial charge on any atom is 0.0980 e. The molecular formula is C10H12N2S2. The van der Waals surface area contributed by atoms with Gasteiger partial charge < -0.3 is 5.73 Å². The summed E-state index contributed by atoms with van der Waals surface area (Å²) >= 11 is 3.51. The molecular weight excluding hydrogens is 212 g/mol. The Balaban J connectivity index is 2.03. The fourth-order valence-corrected chi connectivity index (χ4v) is 2.91. The number of rotatable bonds is 4. The van der Waals surface area contributed by atoms with Gasteiger partial charge in [-0.3, -0.25) is 0 Å². The minimum absolute atomic E-state index is 0.683. The van der Waals surface area contributed by atoms with Gasteiger partial charge in [-0.25, -0.2) is 4.98 Å². The zero-order valence-corrected chi connectivity index (χ0v) is 9.40. The first-order valence-corrected chi connectivity index (χ1v) is 6.30. The van der Waals surface area contributed by atoms with Gasteiger partial charge in [0.2, 0.25) is 0 Å². The van der Waals surface area contributed by atoms with E-state index in [2.05, 4.69) is 27.9 Å². The lowest BCUT2D eigenvalue weighted by Crippen LogP contribution is -2.02. The van der Waals surface area contributed by atoms with Gasteiger partial charge in [-0.05, 0) is 18.0 Å². The van der Waals surface area contributed by atoms with E-state index in [9.17, 15) is 0 Å². The van der Waals surface area contributed by atoms with Crippen molar-refractivity contribution in [3.8, 4) is 0 Å². The first kappa shape index (κ1) is 9.83. The van der Waals surface area contributed by atoms with Gasteiger partial charge in [-0.1, -0.05) is 6.07 Å². The van der Waals surface area contributed by atoms with Crippen molar-refractivity contribution in [1.29, 1.82) is 0 Å². The van der Waals surface area contributed by atoms with Gasteiger partial charge in [-0.2, -0.15) is 0 Å². The number of hydrogen-bond acceptors (Lipinski definition) is 4. The third kappa shape index (κ3) is 2.41. The van der Waals surface area contributed by atoms with Crippen LogP contribution in [0.25, 0.3) is 0 Å². The molecule has 0 radical (unpaired) electrons. The molecule has 0 spiro atoms. The van der Waals surface area contributed by atoms with E-state index in [0.717, 1.165) is 18.5 Å². The maximum atomic E-state index is 5.47. The molecule has 2 nitrogen and oxygen atoms in total. The van der Waals surface area contributed by atoms with Gasteiger partial charge >= 0.3 is 0 Å². The average Bonchev–Trinajstić information content (AvgIpc) is 2.79. The van der Waals surface area contributed by atoms with Crippen molar-refractivity contribution in [3.63, 3.8) is 0 Å². The third-order valence-corrected chi connectivity index (χ3v) is 3.68. The Morgan fingerprint density at radius 3 is 3.00 bits per heavy atom. The Bertz CT molecular complexity index is 378. The van der Waals surface area contributed by atoms with Crippen LogP contribution in [-0.2, 0) is 12.8 Å². The van der Waals surface area contributed by atoms with Crippen LogP contribution in [0.2, 0.25) is 0 Å². The van der Waals surface area contributed by atoms with Crippen LogP contribution in [0.5, 0.6) is 0 Å². The Kier molecular flexibility index (Phi) is 3.29. The van der Waals surface area contributed by atoms with Crippen LogP contribution in [0.1, 0.15) is 15.6 Å². The van der Waals surface area contributed by atoms with Crippen LogP contribution in [0.15, 0.2) is 22.9 Å². The monoisotopic (exact) mass is 224 g/mol. The summed E-state index contributed by atoms with van der Waals surface area (Å²) in [6, 6.07) is 4.23. The Morgan fingerprint density at radius 1 is 1.36 bits per heavy atom. The molecule has 0 aliphatic rings. The second kappa shape index (κ2) is 4.68. The molecule has 4 heteroatoms. The predicted molar refractivity (Wildman–Crippen MR) is 62.0 cm³/mol. The van der Waals surface area contributed by atoms with Gasteiger partial charge in [-0.15, -0.1) is 22.7 Å². The summed E-state index contributed by atoms with van der Waals surface area (Å²) in [5, 5.41) is 5.40. The SMILES string of the molecule is NCCc1csc(Cc2cccs2)n1. The van der Waals surface area contributed by atoms with E-state index in [1.54, 1.807) is 22.7 Å². The lowest BCUT2D eigenvalue weighted by molar-refractivity contribution is 0.923. The third-order valence-electron chi connectivity index (χ3n) is 1.91. The summed E-state index contributed by atoms with van der Waals surface area (Å²) in [4.78, 5) is 5.89. The van der Waals surface area contributed by atoms with Gasteiger partial charge in [0.15, 0.2) is 0 Å². The van der Waals surface area contributed by atoms with Crippen molar-refractivity contribution < 1.29 is 0 Å². The van der Waals surface area contributed by atoms with Gasteiger partial charge in [0.1, 0.15) is 0 Å². The molecule has 2 N–H and O–H groups in total. The number of nitrogens with two attached hydrogens (primary N) is 1. The molecule has 2 aromatic heterocycles. The highest BCUT2D eigenvalue weighted by Gasteiger charge is 2.02. The van der Waals surface area contributed by atoms with E-state index in [1.807, 2.05) is 0 Å². The highest BCUT2D eigenvalue weighted by atomic mass is 32.1. The minimum atomic E-state index is 0.683. The fourth-order valence-electron chi connectivity index (χ4n) is 1.26. The molecule has 0 aliphatic heterocycles. The zero-order valence-electron chi connectivity index (χ0n) is 7.77. The van der Waals surface area contributed by atoms with Crippen LogP contribution in [0, 0.1) is 0 Å². The van der Waals surface area contributed by atoms with E-state index in [0.29, 0.717) is 6.54 Å². The molecule has 2 rings (SSSR count). The number of nitrogens with zero attached hydrogens (tertiary/aromatic N) is 1. The summed E-state index contributed by atoms with van der Waals surface area (Å²) < 4.78 is 0. The molecule has 0 aromatic carbocycles. The van der Waals surface area contributed by atoms with Crippen molar-refractivity contribution in [2.24, 2.45) is 5.73 Å². The molecule has 0 bridgehead atoms. The normalized spacial score (nSPS) is 10.6. The van der Waals surface area contributed by atoms with Crippen LogP contribution >= 0.6 is 22.7 Å². The predicted octanol–water partition coefficient (Wildman–Crippen LogP) is 2.30. The first-order chi connectivity index (χ1) is 6.88. The molecule has 0 saturated heterocycles. The van der Waals surface area contributed by atoms with Crippen molar-refractivity contribution in [1.82, 2.24) is 4.98 Å². The van der Waals surface area contributed by atoms with E-state index in [-0.39, 0.29) is 0 Å². The lowest BCUT2D eigenvalue weighted by atomic mass is 10.3. The molecule has 0 aliphatic carbocycles. The highest BCUT2D eigenvalue weighted by molar-refractivity contribution is 7.11. The standard InChI is InChI=1S/C10H12N2S2/c11-4-3-8-7-14-10(12-8)6-9-2-1-5-13-9/h1-2,5,7H,3-4,6,11H2. The van der Waals surface area contributed by atoms with Crippen molar-refractivity contribution >= 4 is 22.7 Å². The Hall–Kier alpha value is -0.710.